The summed E-state index contributed by atoms with van der Waals surface area (Å²) in [6.45, 7) is 3.26. The van der Waals surface area contributed by atoms with Gasteiger partial charge >= 0.3 is 0 Å². The first-order valence-electron chi connectivity index (χ1n) is 13.1. The second-order valence-corrected chi connectivity index (χ2v) is 12.3. The monoisotopic (exact) mass is 590 g/mol. The number of pyridine rings is 1. The Hall–Kier alpha value is -3.25. The fraction of sp³-hybridized carbons (Fsp3) is 0.444. The Morgan fingerprint density at radius 2 is 1.95 bits per heavy atom. The largest absolute Gasteiger partial charge is 0.349 e. The predicted molar refractivity (Wildman–Crippen MR) is 145 cm³/mol. The third-order valence-corrected chi connectivity index (χ3v) is 9.19. The van der Waals surface area contributed by atoms with E-state index in [-0.39, 0.29) is 28.5 Å². The number of fused-ring (bicyclic) bond motifs is 2. The number of alkyl halides is 2. The number of rotatable bonds is 6. The van der Waals surface area contributed by atoms with Gasteiger partial charge in [-0.15, -0.1) is 10.2 Å². The zero-order valence-corrected chi connectivity index (χ0v) is 23.1. The van der Waals surface area contributed by atoms with Crippen molar-refractivity contribution in [2.45, 2.75) is 50.5 Å². The summed E-state index contributed by atoms with van der Waals surface area (Å²) in [5.74, 6) is -0.909. The second kappa shape index (κ2) is 10.3. The van der Waals surface area contributed by atoms with Crippen molar-refractivity contribution in [3.63, 3.8) is 0 Å². The molecule has 2 amide bonds. The third-order valence-electron chi connectivity index (χ3n) is 8.09. The van der Waals surface area contributed by atoms with Crippen LogP contribution in [0.2, 0.25) is 5.02 Å². The Bertz CT molecular complexity index is 1470. The molecule has 2 fully saturated rings. The Labute approximate surface area is 237 Å². The normalized spacial score (nSPS) is 21.6. The van der Waals surface area contributed by atoms with E-state index in [1.54, 1.807) is 11.0 Å². The zero-order valence-electron chi connectivity index (χ0n) is 21.5. The molecule has 40 heavy (non-hydrogen) atoms. The highest BCUT2D eigenvalue weighted by Gasteiger charge is 2.59. The van der Waals surface area contributed by atoms with E-state index in [4.69, 9.17) is 11.6 Å². The molecular weight excluding hydrogens is 565 g/mol. The molecule has 1 aliphatic carbocycles. The molecule has 4 heterocycles. The van der Waals surface area contributed by atoms with Gasteiger partial charge in [0.2, 0.25) is 11.0 Å². The minimum Gasteiger partial charge on any atom is -0.349 e. The predicted octanol–water partition coefficient (Wildman–Crippen LogP) is 5.07. The molecule has 6 rings (SSSR count). The Morgan fingerprint density at radius 3 is 2.62 bits per heavy atom. The van der Waals surface area contributed by atoms with Crippen LogP contribution in [0.5, 0.6) is 0 Å². The number of carbonyl (C=O) groups excluding carboxylic acids is 2. The van der Waals surface area contributed by atoms with Gasteiger partial charge in [0.05, 0.1) is 16.3 Å². The Balaban J connectivity index is 1.11. The van der Waals surface area contributed by atoms with Gasteiger partial charge in [0.25, 0.3) is 12.3 Å². The van der Waals surface area contributed by atoms with Crippen molar-refractivity contribution in [3.8, 4) is 0 Å². The average molecular weight is 591 g/mol. The van der Waals surface area contributed by atoms with Crippen molar-refractivity contribution >= 4 is 45.6 Å². The van der Waals surface area contributed by atoms with Crippen LogP contribution >= 0.6 is 22.9 Å². The molecule has 1 saturated carbocycles. The molecule has 3 aromatic rings. The van der Waals surface area contributed by atoms with Crippen LogP contribution in [-0.4, -0.2) is 52.7 Å². The van der Waals surface area contributed by atoms with Gasteiger partial charge in [-0.3, -0.25) is 14.6 Å². The lowest BCUT2D eigenvalue weighted by Crippen LogP contribution is -2.64. The lowest BCUT2D eigenvalue weighted by atomic mass is 9.75. The number of hydrogen-bond acceptors (Lipinski definition) is 7. The summed E-state index contributed by atoms with van der Waals surface area (Å²) in [5, 5.41) is 12.8. The number of hydrogen-bond donors (Lipinski definition) is 1. The smallest absolute Gasteiger partial charge is 0.281 e. The van der Waals surface area contributed by atoms with E-state index in [1.165, 1.54) is 29.5 Å². The minimum atomic E-state index is -2.90. The summed E-state index contributed by atoms with van der Waals surface area (Å²) in [6, 6.07) is 5.56. The SMILES string of the molecule is Cc1nnc(N2CC3(C2)C(=O)N(CC2CCC(NC(=O)c4cc(Cl)cnc4C(F)F)CC2)c2cc(F)ccc23)s1. The van der Waals surface area contributed by atoms with Gasteiger partial charge in [0.15, 0.2) is 0 Å². The number of benzene rings is 1. The fourth-order valence-corrected chi connectivity index (χ4v) is 6.92. The lowest BCUT2D eigenvalue weighted by Gasteiger charge is -2.46. The van der Waals surface area contributed by atoms with Gasteiger partial charge in [-0.1, -0.05) is 29.0 Å². The van der Waals surface area contributed by atoms with E-state index < -0.39 is 29.3 Å². The molecule has 0 atom stereocenters. The van der Waals surface area contributed by atoms with Crippen LogP contribution in [-0.2, 0) is 10.2 Å². The van der Waals surface area contributed by atoms with Crippen LogP contribution < -0.4 is 15.1 Å². The van der Waals surface area contributed by atoms with E-state index in [0.29, 0.717) is 38.2 Å². The number of amides is 2. The molecule has 1 N–H and O–H groups in total. The van der Waals surface area contributed by atoms with Crippen LogP contribution in [0.1, 0.15) is 58.7 Å². The molecule has 0 unspecified atom stereocenters. The number of aromatic nitrogens is 3. The number of aryl methyl sites for hydroxylation is 1. The van der Waals surface area contributed by atoms with Gasteiger partial charge in [-0.2, -0.15) is 0 Å². The number of halogens is 4. The third kappa shape index (κ3) is 4.70. The van der Waals surface area contributed by atoms with Crippen LogP contribution in [0.15, 0.2) is 30.5 Å². The highest BCUT2D eigenvalue weighted by atomic mass is 35.5. The molecule has 0 bridgehead atoms. The molecule has 8 nitrogen and oxygen atoms in total. The quantitative estimate of drug-likeness (QED) is 0.431. The summed E-state index contributed by atoms with van der Waals surface area (Å²) in [7, 11) is 0. The van der Waals surface area contributed by atoms with Crippen molar-refractivity contribution < 1.29 is 22.8 Å². The van der Waals surface area contributed by atoms with Gasteiger partial charge in [0.1, 0.15) is 21.9 Å². The number of nitrogens with one attached hydrogen (secondary N) is 1. The standard InChI is InChI=1S/C27H26ClF3N6O2S/c1-14-34-35-26(40-14)36-12-27(13-36)20-7-4-17(29)9-21(20)37(25(27)39)11-15-2-5-18(6-3-15)33-24(38)19-8-16(28)10-32-22(19)23(30)31/h4,7-10,15,18,23H,2-3,5-6,11-13H2,1H3,(H,33,38). The molecule has 13 heteroatoms. The zero-order chi connectivity index (χ0) is 28.2. The second-order valence-electron chi connectivity index (χ2n) is 10.7. The molecule has 0 radical (unpaired) electrons. The molecule has 1 spiro atoms. The topological polar surface area (TPSA) is 91.3 Å². The maximum atomic E-state index is 14.3. The van der Waals surface area contributed by atoms with E-state index in [2.05, 4.69) is 20.5 Å². The van der Waals surface area contributed by atoms with E-state index in [9.17, 15) is 22.8 Å². The molecule has 1 aromatic carbocycles. The molecule has 2 aliphatic heterocycles. The molecular formula is C27H26ClF3N6O2S. The number of nitrogens with zero attached hydrogens (tertiary/aromatic N) is 5. The molecule has 210 valence electrons. The maximum absolute atomic E-state index is 14.3. The summed E-state index contributed by atoms with van der Waals surface area (Å²) in [5.41, 5.74) is -0.113. The molecule has 1 saturated heterocycles. The van der Waals surface area contributed by atoms with E-state index in [1.807, 2.05) is 11.8 Å². The number of anilines is 2. The van der Waals surface area contributed by atoms with Crippen molar-refractivity contribution in [2.75, 3.05) is 29.4 Å². The summed E-state index contributed by atoms with van der Waals surface area (Å²) in [4.78, 5) is 34.0. The van der Waals surface area contributed by atoms with E-state index in [0.717, 1.165) is 34.7 Å². The van der Waals surface area contributed by atoms with Crippen LogP contribution in [0.4, 0.5) is 24.0 Å². The first-order chi connectivity index (χ1) is 19.1. The highest BCUT2D eigenvalue weighted by molar-refractivity contribution is 7.15. The van der Waals surface area contributed by atoms with Crippen LogP contribution in [0.3, 0.4) is 0 Å². The highest BCUT2D eigenvalue weighted by Crippen LogP contribution is 2.49. The maximum Gasteiger partial charge on any atom is 0.281 e. The van der Waals surface area contributed by atoms with Gasteiger partial charge in [-0.25, -0.2) is 13.2 Å². The number of carbonyl (C=O) groups is 2. The average Bonchev–Trinajstić information content (AvgIpc) is 3.42. The Morgan fingerprint density at radius 1 is 1.20 bits per heavy atom. The Kier molecular flexibility index (Phi) is 6.94. The molecule has 3 aliphatic rings. The minimum absolute atomic E-state index is 0.0333. The van der Waals surface area contributed by atoms with Crippen molar-refractivity contribution in [1.82, 2.24) is 20.5 Å². The first kappa shape index (κ1) is 26.9. The van der Waals surface area contributed by atoms with Crippen LogP contribution in [0, 0.1) is 18.7 Å². The fourth-order valence-electron chi connectivity index (χ4n) is 6.07. The first-order valence-corrected chi connectivity index (χ1v) is 14.3. The van der Waals surface area contributed by atoms with Gasteiger partial charge < -0.3 is 15.1 Å². The van der Waals surface area contributed by atoms with E-state index >= 15 is 0 Å². The summed E-state index contributed by atoms with van der Waals surface area (Å²) >= 11 is 7.37. The molecule has 2 aromatic heterocycles. The van der Waals surface area contributed by atoms with Crippen molar-refractivity contribution in [2.24, 2.45) is 5.92 Å². The summed E-state index contributed by atoms with van der Waals surface area (Å²) in [6.07, 6.45) is 0.893. The van der Waals surface area contributed by atoms with Crippen molar-refractivity contribution in [3.05, 3.63) is 63.1 Å². The van der Waals surface area contributed by atoms with Gasteiger partial charge in [0, 0.05) is 31.9 Å². The van der Waals surface area contributed by atoms with Crippen LogP contribution in [0.25, 0.3) is 0 Å². The van der Waals surface area contributed by atoms with Gasteiger partial charge in [-0.05, 0) is 62.3 Å². The summed E-state index contributed by atoms with van der Waals surface area (Å²) < 4.78 is 41.0. The lowest BCUT2D eigenvalue weighted by molar-refractivity contribution is -0.124. The van der Waals surface area contributed by atoms with Crippen molar-refractivity contribution in [1.29, 1.82) is 0 Å².